The number of nitrogens with one attached hydrogen (secondary N) is 1. The van der Waals surface area contributed by atoms with Crippen molar-refractivity contribution in [2.24, 2.45) is 0 Å². The number of nitrogens with zero attached hydrogens (tertiary/aromatic N) is 2. The van der Waals surface area contributed by atoms with Crippen LogP contribution in [0.5, 0.6) is 0 Å². The first-order valence-corrected chi connectivity index (χ1v) is 8.86. The van der Waals surface area contributed by atoms with Gasteiger partial charge in [0.2, 0.25) is 5.96 Å². The molecule has 24 heavy (non-hydrogen) atoms. The van der Waals surface area contributed by atoms with E-state index < -0.39 is 15.9 Å². The van der Waals surface area contributed by atoms with Crippen molar-refractivity contribution in [3.63, 3.8) is 0 Å². The Bertz CT molecular complexity index is 877. The van der Waals surface area contributed by atoms with Crippen LogP contribution >= 0.6 is 0 Å². The molecule has 0 atom stereocenters. The van der Waals surface area contributed by atoms with Crippen molar-refractivity contribution in [2.75, 3.05) is 6.54 Å². The predicted octanol–water partition coefficient (Wildman–Crippen LogP) is 1.96. The maximum atomic E-state index is 12.7. The minimum atomic E-state index is -3.92. The number of rotatable bonds is 4. The number of carbonyl (C=O) groups excluding carboxylic acids is 1. The largest absolute Gasteiger partial charge is 0.276 e. The molecule has 124 valence electrons. The number of sulfonamides is 1. The van der Waals surface area contributed by atoms with E-state index in [9.17, 15) is 13.2 Å². The van der Waals surface area contributed by atoms with Gasteiger partial charge < -0.3 is 0 Å². The summed E-state index contributed by atoms with van der Waals surface area (Å²) in [6, 6.07) is 15.5. The molecule has 6 nitrogen and oxygen atoms in total. The van der Waals surface area contributed by atoms with Gasteiger partial charge in [-0.3, -0.25) is 15.1 Å². The molecule has 3 rings (SSSR count). The maximum absolute atomic E-state index is 12.7. The molecule has 2 aromatic rings. The lowest BCUT2D eigenvalue weighted by molar-refractivity contribution is -0.125. The highest BCUT2D eigenvalue weighted by atomic mass is 32.2. The van der Waals surface area contributed by atoms with Crippen molar-refractivity contribution in [1.82, 2.24) is 9.21 Å². The van der Waals surface area contributed by atoms with Gasteiger partial charge in [0.1, 0.15) is 6.54 Å². The fourth-order valence-electron chi connectivity index (χ4n) is 2.50. The molecule has 7 heteroatoms. The van der Waals surface area contributed by atoms with Crippen LogP contribution in [-0.4, -0.2) is 36.0 Å². The van der Waals surface area contributed by atoms with Crippen LogP contribution < -0.4 is 0 Å². The Morgan fingerprint density at radius 1 is 1.04 bits per heavy atom. The minimum Gasteiger partial charge on any atom is -0.276 e. The smallest absolute Gasteiger partial charge is 0.267 e. The lowest BCUT2D eigenvalue weighted by Gasteiger charge is -2.20. The van der Waals surface area contributed by atoms with Crippen LogP contribution in [-0.2, 0) is 21.4 Å². The van der Waals surface area contributed by atoms with Gasteiger partial charge in [0.05, 0.1) is 11.4 Å². The van der Waals surface area contributed by atoms with Crippen molar-refractivity contribution in [3.8, 4) is 0 Å². The van der Waals surface area contributed by atoms with Gasteiger partial charge in [0.25, 0.3) is 15.9 Å². The third-order valence-electron chi connectivity index (χ3n) is 3.86. The summed E-state index contributed by atoms with van der Waals surface area (Å²) in [6.45, 7) is 1.69. The monoisotopic (exact) mass is 343 g/mol. The lowest BCUT2D eigenvalue weighted by Crippen LogP contribution is -2.37. The van der Waals surface area contributed by atoms with Gasteiger partial charge in [-0.1, -0.05) is 48.0 Å². The summed E-state index contributed by atoms with van der Waals surface area (Å²) in [5.41, 5.74) is 1.78. The highest BCUT2D eigenvalue weighted by Crippen LogP contribution is 2.22. The molecule has 0 radical (unpaired) electrons. The topological polar surface area (TPSA) is 81.5 Å². The predicted molar refractivity (Wildman–Crippen MR) is 89.8 cm³/mol. The van der Waals surface area contributed by atoms with E-state index in [0.29, 0.717) is 0 Å². The van der Waals surface area contributed by atoms with Crippen molar-refractivity contribution in [3.05, 3.63) is 65.7 Å². The van der Waals surface area contributed by atoms with Crippen molar-refractivity contribution < 1.29 is 13.2 Å². The molecule has 0 aromatic heterocycles. The van der Waals surface area contributed by atoms with Gasteiger partial charge in [-0.2, -0.15) is 0 Å². The van der Waals surface area contributed by atoms with Gasteiger partial charge in [0, 0.05) is 0 Å². The zero-order valence-electron chi connectivity index (χ0n) is 13.1. The minimum absolute atomic E-state index is 0.0761. The molecule has 0 unspecified atom stereocenters. The van der Waals surface area contributed by atoms with Crippen LogP contribution in [0.2, 0.25) is 0 Å². The van der Waals surface area contributed by atoms with E-state index in [1.54, 1.807) is 12.1 Å². The van der Waals surface area contributed by atoms with E-state index in [1.807, 2.05) is 37.3 Å². The average Bonchev–Trinajstić information content (AvgIpc) is 2.85. The SMILES string of the molecule is Cc1ccc(S(=O)(=O)N2CC(=O)N(Cc3ccccc3)C2=N)cc1. The summed E-state index contributed by atoms with van der Waals surface area (Å²) in [5.74, 6) is -0.719. The zero-order chi connectivity index (χ0) is 17.3. The average molecular weight is 343 g/mol. The fourth-order valence-corrected chi connectivity index (χ4v) is 3.84. The van der Waals surface area contributed by atoms with E-state index >= 15 is 0 Å². The summed E-state index contributed by atoms with van der Waals surface area (Å²) in [6.07, 6.45) is 0. The Balaban J connectivity index is 1.87. The summed E-state index contributed by atoms with van der Waals surface area (Å²) in [4.78, 5) is 13.5. The molecule has 1 saturated heterocycles. The van der Waals surface area contributed by atoms with E-state index in [1.165, 1.54) is 17.0 Å². The first kappa shape index (κ1) is 16.2. The van der Waals surface area contributed by atoms with Crippen molar-refractivity contribution >= 4 is 21.9 Å². The Morgan fingerprint density at radius 2 is 1.67 bits per heavy atom. The lowest BCUT2D eigenvalue weighted by atomic mass is 10.2. The summed E-state index contributed by atoms with van der Waals surface area (Å²) >= 11 is 0. The highest BCUT2D eigenvalue weighted by Gasteiger charge is 2.40. The summed E-state index contributed by atoms with van der Waals surface area (Å²) < 4.78 is 26.3. The second-order valence-electron chi connectivity index (χ2n) is 5.61. The molecule has 1 amide bonds. The summed E-state index contributed by atoms with van der Waals surface area (Å²) in [7, 11) is -3.92. The molecule has 1 aliphatic rings. The second-order valence-corrected chi connectivity index (χ2v) is 7.48. The first-order valence-electron chi connectivity index (χ1n) is 7.42. The molecule has 0 saturated carbocycles. The fraction of sp³-hybridized carbons (Fsp3) is 0.176. The number of guanidine groups is 1. The van der Waals surface area contributed by atoms with Crippen LogP contribution in [0.25, 0.3) is 0 Å². The Morgan fingerprint density at radius 3 is 2.29 bits per heavy atom. The summed E-state index contributed by atoms with van der Waals surface area (Å²) in [5, 5.41) is 8.14. The van der Waals surface area contributed by atoms with Crippen LogP contribution in [0.3, 0.4) is 0 Å². The number of benzene rings is 2. The number of hydrogen-bond donors (Lipinski definition) is 1. The van der Waals surface area contributed by atoms with E-state index in [0.717, 1.165) is 15.4 Å². The van der Waals surface area contributed by atoms with E-state index in [-0.39, 0.29) is 23.9 Å². The molecule has 1 aliphatic heterocycles. The first-order chi connectivity index (χ1) is 11.4. The molecular weight excluding hydrogens is 326 g/mol. The standard InChI is InChI=1S/C17H17N3O3S/c1-13-7-9-15(10-8-13)24(22,23)20-12-16(21)19(17(20)18)11-14-5-3-2-4-6-14/h2-10,18H,11-12H2,1H3. The van der Waals surface area contributed by atoms with Crippen molar-refractivity contribution in [1.29, 1.82) is 5.41 Å². The Labute approximate surface area is 140 Å². The van der Waals surface area contributed by atoms with Crippen LogP contribution in [0.1, 0.15) is 11.1 Å². The van der Waals surface area contributed by atoms with Gasteiger partial charge in [0.15, 0.2) is 0 Å². The molecular formula is C17H17N3O3S. The molecule has 0 spiro atoms. The van der Waals surface area contributed by atoms with Crippen molar-refractivity contribution in [2.45, 2.75) is 18.4 Å². The molecule has 0 aliphatic carbocycles. The highest BCUT2D eigenvalue weighted by molar-refractivity contribution is 7.89. The van der Waals surface area contributed by atoms with Gasteiger partial charge in [-0.15, -0.1) is 0 Å². The van der Waals surface area contributed by atoms with Gasteiger partial charge >= 0.3 is 0 Å². The van der Waals surface area contributed by atoms with E-state index in [4.69, 9.17) is 5.41 Å². The number of carbonyl (C=O) groups is 1. The van der Waals surface area contributed by atoms with Gasteiger partial charge in [-0.05, 0) is 24.6 Å². The quantitative estimate of drug-likeness (QED) is 0.921. The van der Waals surface area contributed by atoms with Crippen LogP contribution in [0, 0.1) is 12.3 Å². The zero-order valence-corrected chi connectivity index (χ0v) is 14.0. The van der Waals surface area contributed by atoms with Crippen LogP contribution in [0.15, 0.2) is 59.5 Å². The van der Waals surface area contributed by atoms with E-state index in [2.05, 4.69) is 0 Å². The Hall–Kier alpha value is -2.67. The molecule has 1 N–H and O–H groups in total. The molecule has 2 aromatic carbocycles. The molecule has 0 bridgehead atoms. The molecule has 1 heterocycles. The third kappa shape index (κ3) is 2.90. The maximum Gasteiger partial charge on any atom is 0.267 e. The number of amides is 1. The Kier molecular flexibility index (Phi) is 4.11. The third-order valence-corrected chi connectivity index (χ3v) is 5.61. The second kappa shape index (κ2) is 6.09. The molecule has 1 fully saturated rings. The normalized spacial score (nSPS) is 15.2. The van der Waals surface area contributed by atoms with Gasteiger partial charge in [-0.25, -0.2) is 12.7 Å². The van der Waals surface area contributed by atoms with Crippen LogP contribution in [0.4, 0.5) is 0 Å². The number of hydrogen-bond acceptors (Lipinski definition) is 4. The number of aryl methyl sites for hydroxylation is 1.